The van der Waals surface area contributed by atoms with Gasteiger partial charge in [0.2, 0.25) is 5.88 Å². The number of imidazole rings is 1. The molecule has 42 heavy (non-hydrogen) atoms. The molecule has 1 saturated heterocycles. The average molecular weight is 596 g/mol. The third kappa shape index (κ3) is 6.67. The van der Waals surface area contributed by atoms with Crippen molar-refractivity contribution in [1.82, 2.24) is 19.4 Å². The van der Waals surface area contributed by atoms with Crippen molar-refractivity contribution < 1.29 is 23.8 Å². The summed E-state index contributed by atoms with van der Waals surface area (Å²) in [6.45, 7) is 8.48. The maximum Gasteiger partial charge on any atom is 0.335 e. The number of halogens is 2. The molecule has 1 N–H and O–H groups in total. The summed E-state index contributed by atoms with van der Waals surface area (Å²) in [5, 5.41) is 9.86. The number of benzene rings is 2. The molecule has 0 radical (unpaired) electrons. The first kappa shape index (κ1) is 29.8. The van der Waals surface area contributed by atoms with Gasteiger partial charge in [-0.3, -0.25) is 4.90 Å². The molecule has 1 atom stereocenters. The lowest BCUT2D eigenvalue weighted by molar-refractivity contribution is 0.0697. The highest BCUT2D eigenvalue weighted by Gasteiger charge is 2.31. The summed E-state index contributed by atoms with van der Waals surface area (Å²) in [6, 6.07) is 15.4. The number of fused-ring (bicyclic) bond motifs is 1. The zero-order valence-corrected chi connectivity index (χ0v) is 24.7. The second-order valence-electron chi connectivity index (χ2n) is 10.8. The molecule has 0 amide bonds. The summed E-state index contributed by atoms with van der Waals surface area (Å²) in [4.78, 5) is 25.9. The molecule has 1 aliphatic heterocycles. The fourth-order valence-corrected chi connectivity index (χ4v) is 5.53. The monoisotopic (exact) mass is 595 g/mol. The molecule has 1 aliphatic rings. The van der Waals surface area contributed by atoms with Gasteiger partial charge in [-0.1, -0.05) is 37.6 Å². The second kappa shape index (κ2) is 13.1. The molecule has 0 saturated carbocycles. The van der Waals surface area contributed by atoms with Crippen molar-refractivity contribution >= 4 is 34.4 Å². The van der Waals surface area contributed by atoms with Crippen LogP contribution in [0.4, 0.5) is 10.2 Å². The first-order valence-corrected chi connectivity index (χ1v) is 14.4. The van der Waals surface area contributed by atoms with Crippen molar-refractivity contribution in [2.45, 2.75) is 39.6 Å². The van der Waals surface area contributed by atoms with Crippen molar-refractivity contribution in [2.75, 3.05) is 38.3 Å². The van der Waals surface area contributed by atoms with Crippen LogP contribution in [0.2, 0.25) is 5.02 Å². The Balaban J connectivity index is 1.32. The molecule has 222 valence electrons. The predicted molar refractivity (Wildman–Crippen MR) is 160 cm³/mol. The highest BCUT2D eigenvalue weighted by Crippen LogP contribution is 2.27. The number of rotatable bonds is 11. The van der Waals surface area contributed by atoms with Gasteiger partial charge in [0.1, 0.15) is 24.1 Å². The van der Waals surface area contributed by atoms with Crippen LogP contribution in [0.3, 0.4) is 0 Å². The summed E-state index contributed by atoms with van der Waals surface area (Å²) in [7, 11) is 1.65. The Hall–Kier alpha value is -3.73. The van der Waals surface area contributed by atoms with E-state index in [2.05, 4.69) is 28.2 Å². The number of ether oxygens (including phenoxy) is 2. The topological polar surface area (TPSA) is 93.0 Å². The number of nitrogens with zero attached hydrogens (tertiary/aromatic N) is 5. The first-order chi connectivity index (χ1) is 20.2. The van der Waals surface area contributed by atoms with Gasteiger partial charge in [-0.2, -0.15) is 4.98 Å². The van der Waals surface area contributed by atoms with Crippen LogP contribution in [0.25, 0.3) is 11.0 Å². The Kier molecular flexibility index (Phi) is 9.25. The number of hydrogen-bond donors (Lipinski definition) is 1. The maximum absolute atomic E-state index is 14.2. The van der Waals surface area contributed by atoms with E-state index in [1.54, 1.807) is 43.5 Å². The number of methoxy groups -OCH3 is 1. The Bertz CT molecular complexity index is 1560. The Morgan fingerprint density at radius 2 is 1.98 bits per heavy atom. The average Bonchev–Trinajstić information content (AvgIpc) is 3.31. The normalized spacial score (nSPS) is 16.0. The van der Waals surface area contributed by atoms with Crippen LogP contribution in [-0.2, 0) is 24.4 Å². The van der Waals surface area contributed by atoms with Crippen LogP contribution in [-0.4, -0.2) is 69.9 Å². The number of carboxylic acids is 1. The van der Waals surface area contributed by atoms with Crippen LogP contribution in [0.5, 0.6) is 5.88 Å². The van der Waals surface area contributed by atoms with Crippen LogP contribution in [0.1, 0.15) is 35.6 Å². The molecule has 0 unspecified atom stereocenters. The number of aromatic carboxylic acids is 1. The van der Waals surface area contributed by atoms with E-state index in [1.165, 1.54) is 6.07 Å². The van der Waals surface area contributed by atoms with Crippen LogP contribution >= 0.6 is 11.6 Å². The minimum Gasteiger partial charge on any atom is -0.478 e. The van der Waals surface area contributed by atoms with Crippen molar-refractivity contribution in [3.8, 4) is 5.88 Å². The number of anilines is 1. The van der Waals surface area contributed by atoms with Gasteiger partial charge in [0.25, 0.3) is 0 Å². The molecule has 4 aromatic rings. The SMILES string of the molecule is COCCn1c(CN2CCN(c3cccc(OCc4ccc(Cl)cc4F)n3)C[C@@H]2C(C)C)nc2ccc(C(=O)O)cc21. The van der Waals surface area contributed by atoms with E-state index in [1.807, 2.05) is 12.1 Å². The minimum absolute atomic E-state index is 0.0554. The third-order valence-corrected chi connectivity index (χ3v) is 7.90. The molecule has 2 aromatic heterocycles. The number of hydrogen-bond acceptors (Lipinski definition) is 7. The van der Waals surface area contributed by atoms with E-state index in [0.717, 1.165) is 42.3 Å². The Morgan fingerprint density at radius 1 is 1.14 bits per heavy atom. The standard InChI is InChI=1S/C31H35ClFN5O4/c1-20(2)27-17-37(28-5-4-6-30(35-28)42-19-22-7-9-23(32)16-24(22)33)12-11-36(27)18-29-34-25-10-8-21(31(39)40)15-26(25)38(29)13-14-41-3/h4-10,15-16,20,27H,11-14,17-19H2,1-3H3,(H,39,40)/t27-/m1/s1. The number of piperazine rings is 1. The number of carboxylic acid groups (broad SMARTS) is 1. The lowest BCUT2D eigenvalue weighted by Gasteiger charge is -2.43. The van der Waals surface area contributed by atoms with E-state index in [9.17, 15) is 14.3 Å². The molecule has 0 spiro atoms. The lowest BCUT2D eigenvalue weighted by atomic mass is 9.99. The molecule has 1 fully saturated rings. The highest BCUT2D eigenvalue weighted by molar-refractivity contribution is 6.30. The zero-order chi connectivity index (χ0) is 29.8. The minimum atomic E-state index is -0.964. The highest BCUT2D eigenvalue weighted by atomic mass is 35.5. The Morgan fingerprint density at radius 3 is 2.71 bits per heavy atom. The quantitative estimate of drug-likeness (QED) is 0.243. The number of pyridine rings is 1. The van der Waals surface area contributed by atoms with Crippen LogP contribution < -0.4 is 9.64 Å². The Labute approximate surface area is 249 Å². The van der Waals surface area contributed by atoms with Gasteiger partial charge >= 0.3 is 5.97 Å². The molecule has 0 bridgehead atoms. The van der Waals surface area contributed by atoms with E-state index < -0.39 is 11.8 Å². The van der Waals surface area contributed by atoms with Gasteiger partial charge in [0.15, 0.2) is 0 Å². The van der Waals surface area contributed by atoms with Crippen molar-refractivity contribution in [3.05, 3.63) is 82.4 Å². The smallest absolute Gasteiger partial charge is 0.335 e. The van der Waals surface area contributed by atoms with Crippen molar-refractivity contribution in [2.24, 2.45) is 5.92 Å². The summed E-state index contributed by atoms with van der Waals surface area (Å²) in [6.07, 6.45) is 0. The largest absolute Gasteiger partial charge is 0.478 e. The maximum atomic E-state index is 14.2. The van der Waals surface area contributed by atoms with Gasteiger partial charge in [0.05, 0.1) is 29.7 Å². The van der Waals surface area contributed by atoms with Crippen molar-refractivity contribution in [1.29, 1.82) is 0 Å². The molecule has 9 nitrogen and oxygen atoms in total. The second-order valence-corrected chi connectivity index (χ2v) is 11.2. The number of aromatic nitrogens is 3. The first-order valence-electron chi connectivity index (χ1n) is 14.0. The van der Waals surface area contributed by atoms with Crippen molar-refractivity contribution in [3.63, 3.8) is 0 Å². The van der Waals surface area contributed by atoms with Gasteiger partial charge in [-0.05, 0) is 42.3 Å². The summed E-state index contributed by atoms with van der Waals surface area (Å²) < 4.78 is 27.4. The number of carbonyl (C=O) groups is 1. The van der Waals surface area contributed by atoms with E-state index >= 15 is 0 Å². The fourth-order valence-electron chi connectivity index (χ4n) is 5.38. The summed E-state index contributed by atoms with van der Waals surface area (Å²) >= 11 is 5.86. The van der Waals surface area contributed by atoms with Gasteiger partial charge in [-0.15, -0.1) is 0 Å². The lowest BCUT2D eigenvalue weighted by Crippen LogP contribution is -2.55. The van der Waals surface area contributed by atoms with E-state index in [4.69, 9.17) is 31.0 Å². The molecule has 2 aromatic carbocycles. The fraction of sp³-hybridized carbons (Fsp3) is 0.387. The zero-order valence-electron chi connectivity index (χ0n) is 24.0. The van der Waals surface area contributed by atoms with Gasteiger partial charge < -0.3 is 24.0 Å². The predicted octanol–water partition coefficient (Wildman–Crippen LogP) is 5.49. The molecular formula is C31H35ClFN5O4. The third-order valence-electron chi connectivity index (χ3n) is 7.66. The molecular weight excluding hydrogens is 561 g/mol. The van der Waals surface area contributed by atoms with Gasteiger partial charge in [0, 0.05) is 56.0 Å². The summed E-state index contributed by atoms with van der Waals surface area (Å²) in [5.41, 5.74) is 2.21. The molecule has 5 rings (SSSR count). The van der Waals surface area contributed by atoms with E-state index in [-0.39, 0.29) is 18.2 Å². The van der Waals surface area contributed by atoms with Crippen LogP contribution in [0.15, 0.2) is 54.6 Å². The van der Waals surface area contributed by atoms with E-state index in [0.29, 0.717) is 42.1 Å². The molecule has 0 aliphatic carbocycles. The molecule has 11 heteroatoms. The molecule has 3 heterocycles. The van der Waals surface area contributed by atoms with Crippen LogP contribution in [0, 0.1) is 11.7 Å². The van der Waals surface area contributed by atoms with Gasteiger partial charge in [-0.25, -0.2) is 14.2 Å². The summed E-state index contributed by atoms with van der Waals surface area (Å²) in [5.74, 6) is 1.10.